The van der Waals surface area contributed by atoms with Gasteiger partial charge in [-0.05, 0) is 31.0 Å². The van der Waals surface area contributed by atoms with Gasteiger partial charge in [0.2, 0.25) is 0 Å². The van der Waals surface area contributed by atoms with E-state index in [9.17, 15) is 9.50 Å². The van der Waals surface area contributed by atoms with Gasteiger partial charge in [0, 0.05) is 32.3 Å². The Balaban J connectivity index is 2.08. The van der Waals surface area contributed by atoms with Gasteiger partial charge in [0.25, 0.3) is 0 Å². The molecular weight excluding hydrogens is 285 g/mol. The van der Waals surface area contributed by atoms with Crippen LogP contribution in [0.5, 0.6) is 0 Å². The maximum atomic E-state index is 13.6. The highest BCUT2D eigenvalue weighted by Gasteiger charge is 2.22. The highest BCUT2D eigenvalue weighted by atomic mass is 19.1. The third-order valence-electron chi connectivity index (χ3n) is 3.62. The Hall–Kier alpha value is -1.66. The van der Waals surface area contributed by atoms with Crippen molar-refractivity contribution in [3.05, 3.63) is 35.1 Å². The molecule has 6 heteroatoms. The fraction of sp³-hybridized carbons (Fsp3) is 0.562. The number of benzene rings is 1. The molecule has 0 unspecified atom stereocenters. The fourth-order valence-electron chi connectivity index (χ4n) is 2.52. The van der Waals surface area contributed by atoms with Crippen LogP contribution >= 0.6 is 0 Å². The Kier molecular flexibility index (Phi) is 6.15. The minimum atomic E-state index is -0.289. The lowest BCUT2D eigenvalue weighted by Crippen LogP contribution is -2.40. The van der Waals surface area contributed by atoms with Crippen LogP contribution in [0.3, 0.4) is 0 Å². The highest BCUT2D eigenvalue weighted by molar-refractivity contribution is 5.80. The molecule has 0 aliphatic carbocycles. The van der Waals surface area contributed by atoms with Crippen molar-refractivity contribution in [2.75, 3.05) is 26.7 Å². The largest absolute Gasteiger partial charge is 0.391 e. The predicted molar refractivity (Wildman–Crippen MR) is 84.1 cm³/mol. The Bertz CT molecular complexity index is 522. The van der Waals surface area contributed by atoms with Crippen LogP contribution in [0.15, 0.2) is 23.2 Å². The van der Waals surface area contributed by atoms with Crippen molar-refractivity contribution >= 4 is 5.96 Å². The topological polar surface area (TPSA) is 57.1 Å². The minimum absolute atomic E-state index is 0.252. The number of guanidine groups is 1. The third kappa shape index (κ3) is 4.42. The molecule has 22 heavy (non-hydrogen) atoms. The van der Waals surface area contributed by atoms with Crippen molar-refractivity contribution in [3.8, 4) is 0 Å². The van der Waals surface area contributed by atoms with Crippen LogP contribution in [0.1, 0.15) is 24.5 Å². The maximum Gasteiger partial charge on any atom is 0.194 e. The van der Waals surface area contributed by atoms with Crippen LogP contribution in [0.4, 0.5) is 4.39 Å². The second-order valence-corrected chi connectivity index (χ2v) is 5.42. The van der Waals surface area contributed by atoms with Crippen LogP contribution in [-0.2, 0) is 17.9 Å². The van der Waals surface area contributed by atoms with Gasteiger partial charge < -0.3 is 20.1 Å². The summed E-state index contributed by atoms with van der Waals surface area (Å²) in [6.45, 7) is 4.89. The molecule has 1 heterocycles. The smallest absolute Gasteiger partial charge is 0.194 e. The molecule has 1 fully saturated rings. The maximum absolute atomic E-state index is 13.6. The number of aliphatic imine (C=N–C) groups is 1. The van der Waals surface area contributed by atoms with Crippen LogP contribution in [0.2, 0.25) is 0 Å². The fourth-order valence-corrected chi connectivity index (χ4v) is 2.52. The van der Waals surface area contributed by atoms with E-state index in [1.807, 2.05) is 11.8 Å². The van der Waals surface area contributed by atoms with Crippen molar-refractivity contribution in [3.63, 3.8) is 0 Å². The molecular formula is C16H24FN3O2. The molecule has 2 rings (SSSR count). The predicted octanol–water partition coefficient (Wildman–Crippen LogP) is 1.50. The lowest BCUT2D eigenvalue weighted by molar-refractivity contribution is 0.181. The SMILES string of the molecule is CCNC(=NCc1ccc(F)c(COC)c1)N1CC[C@@H](O)C1. The van der Waals surface area contributed by atoms with Gasteiger partial charge in [-0.15, -0.1) is 0 Å². The van der Waals surface area contributed by atoms with Crippen molar-refractivity contribution in [1.82, 2.24) is 10.2 Å². The first-order valence-corrected chi connectivity index (χ1v) is 7.61. The zero-order valence-electron chi connectivity index (χ0n) is 13.2. The Morgan fingerprint density at radius 2 is 2.36 bits per heavy atom. The highest BCUT2D eigenvalue weighted by Crippen LogP contribution is 2.14. The molecule has 122 valence electrons. The number of hydrogen-bond acceptors (Lipinski definition) is 3. The van der Waals surface area contributed by atoms with E-state index < -0.39 is 0 Å². The molecule has 1 atom stereocenters. The summed E-state index contributed by atoms with van der Waals surface area (Å²) in [6, 6.07) is 4.97. The van der Waals surface area contributed by atoms with Crippen LogP contribution in [0, 0.1) is 5.82 Å². The minimum Gasteiger partial charge on any atom is -0.391 e. The molecule has 0 spiro atoms. The summed E-state index contributed by atoms with van der Waals surface area (Å²) in [5.74, 6) is 0.529. The summed E-state index contributed by atoms with van der Waals surface area (Å²) in [4.78, 5) is 6.64. The molecule has 0 amide bonds. The molecule has 2 N–H and O–H groups in total. The van der Waals surface area contributed by atoms with Gasteiger partial charge in [0.05, 0.1) is 19.3 Å². The molecule has 0 radical (unpaired) electrons. The number of β-amino-alcohol motifs (C(OH)–C–C–N with tert-alkyl or cyclic N) is 1. The number of ether oxygens (including phenoxy) is 1. The van der Waals surface area contributed by atoms with E-state index in [1.54, 1.807) is 19.2 Å². The van der Waals surface area contributed by atoms with Gasteiger partial charge in [-0.1, -0.05) is 6.07 Å². The summed E-state index contributed by atoms with van der Waals surface area (Å²) in [5.41, 5.74) is 1.47. The number of halogens is 1. The first kappa shape index (κ1) is 16.7. The van der Waals surface area contributed by atoms with Crippen molar-refractivity contribution < 1.29 is 14.2 Å². The molecule has 1 aliphatic rings. The summed E-state index contributed by atoms with van der Waals surface area (Å²) in [5, 5.41) is 12.9. The van der Waals surface area contributed by atoms with E-state index in [1.165, 1.54) is 6.07 Å². The summed E-state index contributed by atoms with van der Waals surface area (Å²) in [6.07, 6.45) is 0.474. The number of nitrogens with zero attached hydrogens (tertiary/aromatic N) is 2. The molecule has 1 aromatic rings. The van der Waals surface area contributed by atoms with E-state index in [-0.39, 0.29) is 18.5 Å². The van der Waals surface area contributed by atoms with E-state index >= 15 is 0 Å². The van der Waals surface area contributed by atoms with E-state index in [0.717, 1.165) is 31.0 Å². The standard InChI is InChI=1S/C16H24FN3O2/c1-3-18-16(20-7-6-14(21)10-20)19-9-12-4-5-15(17)13(8-12)11-22-2/h4-5,8,14,21H,3,6-7,9-11H2,1-2H3,(H,18,19)/t14-/m1/s1. The summed E-state index contributed by atoms with van der Waals surface area (Å²) < 4.78 is 18.6. The van der Waals surface area contributed by atoms with Crippen molar-refractivity contribution in [2.24, 2.45) is 4.99 Å². The zero-order chi connectivity index (χ0) is 15.9. The lowest BCUT2D eigenvalue weighted by atomic mass is 10.1. The Labute approximate surface area is 130 Å². The number of methoxy groups -OCH3 is 1. The summed E-state index contributed by atoms with van der Waals surface area (Å²) >= 11 is 0. The number of aliphatic hydroxyl groups is 1. The van der Waals surface area contributed by atoms with E-state index in [4.69, 9.17) is 4.74 Å². The molecule has 1 aliphatic heterocycles. The van der Waals surface area contributed by atoms with Gasteiger partial charge >= 0.3 is 0 Å². The van der Waals surface area contributed by atoms with Gasteiger partial charge in [0.1, 0.15) is 5.82 Å². The zero-order valence-corrected chi connectivity index (χ0v) is 13.2. The second kappa shape index (κ2) is 8.10. The third-order valence-corrected chi connectivity index (χ3v) is 3.62. The average molecular weight is 309 g/mol. The monoisotopic (exact) mass is 309 g/mol. The van der Waals surface area contributed by atoms with Gasteiger partial charge in [0.15, 0.2) is 5.96 Å². The van der Waals surface area contributed by atoms with Gasteiger partial charge in [-0.3, -0.25) is 0 Å². The van der Waals surface area contributed by atoms with Crippen molar-refractivity contribution in [1.29, 1.82) is 0 Å². The van der Waals surface area contributed by atoms with Crippen LogP contribution in [0.25, 0.3) is 0 Å². The van der Waals surface area contributed by atoms with Crippen molar-refractivity contribution in [2.45, 2.75) is 32.6 Å². The van der Waals surface area contributed by atoms with Gasteiger partial charge in [-0.2, -0.15) is 0 Å². The quantitative estimate of drug-likeness (QED) is 0.639. The number of likely N-dealkylation sites (tertiary alicyclic amines) is 1. The molecule has 5 nitrogen and oxygen atoms in total. The summed E-state index contributed by atoms with van der Waals surface area (Å²) in [7, 11) is 1.55. The number of rotatable bonds is 5. The molecule has 0 aromatic heterocycles. The Morgan fingerprint density at radius 1 is 1.55 bits per heavy atom. The van der Waals surface area contributed by atoms with E-state index in [0.29, 0.717) is 18.7 Å². The average Bonchev–Trinajstić information content (AvgIpc) is 2.93. The molecule has 1 saturated heterocycles. The second-order valence-electron chi connectivity index (χ2n) is 5.42. The first-order chi connectivity index (χ1) is 10.6. The first-order valence-electron chi connectivity index (χ1n) is 7.61. The van der Waals surface area contributed by atoms with E-state index in [2.05, 4.69) is 10.3 Å². The number of hydrogen-bond donors (Lipinski definition) is 2. The van der Waals surface area contributed by atoms with Crippen LogP contribution < -0.4 is 5.32 Å². The normalized spacial score (nSPS) is 18.8. The molecule has 0 bridgehead atoms. The Morgan fingerprint density at radius 3 is 3.00 bits per heavy atom. The van der Waals surface area contributed by atoms with Gasteiger partial charge in [-0.25, -0.2) is 9.38 Å². The lowest BCUT2D eigenvalue weighted by Gasteiger charge is -2.21. The molecule has 1 aromatic carbocycles. The van der Waals surface area contributed by atoms with Crippen LogP contribution in [-0.4, -0.2) is 48.8 Å². The number of nitrogens with one attached hydrogen (secondary N) is 1. The number of aliphatic hydroxyl groups excluding tert-OH is 1. The molecule has 0 saturated carbocycles.